The molecule has 2 aromatic carbocycles. The van der Waals surface area contributed by atoms with Crippen LogP contribution in [-0.2, 0) is 6.54 Å². The fourth-order valence-electron chi connectivity index (χ4n) is 2.37. The highest BCUT2D eigenvalue weighted by molar-refractivity contribution is 6.30. The van der Waals surface area contributed by atoms with Crippen LogP contribution in [0.2, 0.25) is 5.02 Å². The number of amides is 1. The van der Waals surface area contributed by atoms with Crippen molar-refractivity contribution < 1.29 is 14.7 Å². The van der Waals surface area contributed by atoms with Crippen LogP contribution in [0.1, 0.15) is 26.3 Å². The van der Waals surface area contributed by atoms with Gasteiger partial charge in [0.05, 0.1) is 5.56 Å². The standard InChI is InChI=1S/C19H21ClN2O3/c1-21(2)10-11-22(13-14-4-3-5-17(20)12-14)18(23)15-6-8-16(9-7-15)19(24)25/h3-9,12H,10-11,13H2,1-2H3,(H,24,25). The highest BCUT2D eigenvalue weighted by Gasteiger charge is 2.17. The molecule has 25 heavy (non-hydrogen) atoms. The molecule has 132 valence electrons. The summed E-state index contributed by atoms with van der Waals surface area (Å²) in [5.41, 5.74) is 1.57. The summed E-state index contributed by atoms with van der Waals surface area (Å²) in [7, 11) is 3.90. The average molecular weight is 361 g/mol. The molecule has 0 heterocycles. The topological polar surface area (TPSA) is 60.9 Å². The maximum Gasteiger partial charge on any atom is 0.335 e. The first-order chi connectivity index (χ1) is 11.9. The minimum Gasteiger partial charge on any atom is -0.478 e. The van der Waals surface area contributed by atoms with Crippen molar-refractivity contribution in [1.82, 2.24) is 9.80 Å². The summed E-state index contributed by atoms with van der Waals surface area (Å²) in [6.07, 6.45) is 0. The van der Waals surface area contributed by atoms with Gasteiger partial charge in [-0.25, -0.2) is 4.79 Å². The summed E-state index contributed by atoms with van der Waals surface area (Å²) in [5.74, 6) is -1.15. The molecule has 0 saturated heterocycles. The quantitative estimate of drug-likeness (QED) is 0.823. The lowest BCUT2D eigenvalue weighted by atomic mass is 10.1. The fourth-order valence-corrected chi connectivity index (χ4v) is 2.58. The Kier molecular flexibility index (Phi) is 6.56. The first-order valence-corrected chi connectivity index (χ1v) is 8.26. The van der Waals surface area contributed by atoms with Gasteiger partial charge in [-0.15, -0.1) is 0 Å². The van der Waals surface area contributed by atoms with Crippen LogP contribution >= 0.6 is 11.6 Å². The molecular weight excluding hydrogens is 340 g/mol. The van der Waals surface area contributed by atoms with Crippen LogP contribution in [0.15, 0.2) is 48.5 Å². The molecule has 0 spiro atoms. The molecule has 0 aliphatic rings. The Morgan fingerprint density at radius 2 is 1.64 bits per heavy atom. The monoisotopic (exact) mass is 360 g/mol. The molecular formula is C19H21ClN2O3. The van der Waals surface area contributed by atoms with Gasteiger partial charge in [0.2, 0.25) is 0 Å². The third-order valence-corrected chi connectivity index (χ3v) is 3.98. The van der Waals surface area contributed by atoms with E-state index in [1.54, 1.807) is 23.1 Å². The van der Waals surface area contributed by atoms with Crippen molar-refractivity contribution in [3.8, 4) is 0 Å². The minimum atomic E-state index is -1.01. The lowest BCUT2D eigenvalue weighted by Crippen LogP contribution is -2.36. The molecule has 5 nitrogen and oxygen atoms in total. The zero-order chi connectivity index (χ0) is 18.4. The summed E-state index contributed by atoms with van der Waals surface area (Å²) < 4.78 is 0. The molecule has 0 aliphatic carbocycles. The van der Waals surface area contributed by atoms with Crippen LogP contribution in [0.4, 0.5) is 0 Å². The Labute approximate surface area is 152 Å². The molecule has 0 fully saturated rings. The Bertz CT molecular complexity index is 745. The second-order valence-corrected chi connectivity index (χ2v) is 6.48. The van der Waals surface area contributed by atoms with Gasteiger partial charge in [-0.05, 0) is 56.1 Å². The fraction of sp³-hybridized carbons (Fsp3) is 0.263. The van der Waals surface area contributed by atoms with E-state index in [4.69, 9.17) is 16.7 Å². The number of likely N-dealkylation sites (N-methyl/N-ethyl adjacent to an activating group) is 1. The number of benzene rings is 2. The Balaban J connectivity index is 2.20. The van der Waals surface area contributed by atoms with Crippen molar-refractivity contribution in [2.24, 2.45) is 0 Å². The molecule has 0 aromatic heterocycles. The van der Waals surface area contributed by atoms with Crippen LogP contribution in [0.3, 0.4) is 0 Å². The summed E-state index contributed by atoms with van der Waals surface area (Å²) in [6.45, 7) is 1.71. The molecule has 1 N–H and O–H groups in total. The molecule has 0 radical (unpaired) electrons. The number of carboxylic acid groups (broad SMARTS) is 1. The highest BCUT2D eigenvalue weighted by atomic mass is 35.5. The van der Waals surface area contributed by atoms with E-state index in [0.29, 0.717) is 23.7 Å². The zero-order valence-corrected chi connectivity index (χ0v) is 15.0. The lowest BCUT2D eigenvalue weighted by Gasteiger charge is -2.25. The summed E-state index contributed by atoms with van der Waals surface area (Å²) in [6, 6.07) is 13.4. The molecule has 2 aromatic rings. The van der Waals surface area contributed by atoms with E-state index in [1.165, 1.54) is 12.1 Å². The predicted molar refractivity (Wildman–Crippen MR) is 98.1 cm³/mol. The number of carboxylic acids is 1. The number of rotatable bonds is 7. The second kappa shape index (κ2) is 8.65. The third kappa shape index (κ3) is 5.59. The molecule has 0 atom stereocenters. The predicted octanol–water partition coefficient (Wildman–Crippen LogP) is 3.24. The maximum atomic E-state index is 12.9. The highest BCUT2D eigenvalue weighted by Crippen LogP contribution is 2.15. The Morgan fingerprint density at radius 1 is 1.00 bits per heavy atom. The Morgan fingerprint density at radius 3 is 2.20 bits per heavy atom. The van der Waals surface area contributed by atoms with E-state index in [2.05, 4.69) is 0 Å². The number of carbonyl (C=O) groups is 2. The largest absolute Gasteiger partial charge is 0.478 e. The van der Waals surface area contributed by atoms with Gasteiger partial charge < -0.3 is 14.9 Å². The third-order valence-electron chi connectivity index (χ3n) is 3.75. The van der Waals surface area contributed by atoms with Crippen LogP contribution in [0.25, 0.3) is 0 Å². The number of halogens is 1. The first kappa shape index (κ1) is 19.0. The number of hydrogen-bond acceptors (Lipinski definition) is 3. The maximum absolute atomic E-state index is 12.9. The van der Waals surface area contributed by atoms with E-state index >= 15 is 0 Å². The van der Waals surface area contributed by atoms with E-state index in [1.807, 2.05) is 37.2 Å². The number of nitrogens with zero attached hydrogens (tertiary/aromatic N) is 2. The normalized spacial score (nSPS) is 10.7. The lowest BCUT2D eigenvalue weighted by molar-refractivity contribution is 0.0692. The summed E-state index contributed by atoms with van der Waals surface area (Å²) in [4.78, 5) is 27.6. The molecule has 0 aliphatic heterocycles. The Hall–Kier alpha value is -2.37. The van der Waals surface area contributed by atoms with Crippen LogP contribution in [-0.4, -0.2) is 54.0 Å². The van der Waals surface area contributed by atoms with E-state index in [-0.39, 0.29) is 11.5 Å². The summed E-state index contributed by atoms with van der Waals surface area (Å²) >= 11 is 6.03. The molecule has 2 rings (SSSR count). The molecule has 0 bridgehead atoms. The smallest absolute Gasteiger partial charge is 0.335 e. The van der Waals surface area contributed by atoms with Gasteiger partial charge in [-0.2, -0.15) is 0 Å². The van der Waals surface area contributed by atoms with Crippen LogP contribution < -0.4 is 0 Å². The van der Waals surface area contributed by atoms with Gasteiger partial charge in [0.15, 0.2) is 0 Å². The SMILES string of the molecule is CN(C)CCN(Cc1cccc(Cl)c1)C(=O)c1ccc(C(=O)O)cc1. The van der Waals surface area contributed by atoms with E-state index in [0.717, 1.165) is 12.1 Å². The van der Waals surface area contributed by atoms with Crippen molar-refractivity contribution >= 4 is 23.5 Å². The molecule has 1 amide bonds. The number of carbonyl (C=O) groups excluding carboxylic acids is 1. The van der Waals surface area contributed by atoms with Gasteiger partial charge in [-0.1, -0.05) is 23.7 Å². The van der Waals surface area contributed by atoms with Crippen LogP contribution in [0, 0.1) is 0 Å². The summed E-state index contributed by atoms with van der Waals surface area (Å²) in [5, 5.41) is 9.60. The first-order valence-electron chi connectivity index (χ1n) is 7.88. The van der Waals surface area contributed by atoms with E-state index in [9.17, 15) is 9.59 Å². The van der Waals surface area contributed by atoms with Crippen molar-refractivity contribution in [3.05, 3.63) is 70.2 Å². The van der Waals surface area contributed by atoms with E-state index < -0.39 is 5.97 Å². The number of aromatic carboxylic acids is 1. The van der Waals surface area contributed by atoms with Gasteiger partial charge >= 0.3 is 5.97 Å². The van der Waals surface area contributed by atoms with Crippen molar-refractivity contribution in [3.63, 3.8) is 0 Å². The van der Waals surface area contributed by atoms with Crippen molar-refractivity contribution in [1.29, 1.82) is 0 Å². The van der Waals surface area contributed by atoms with Crippen molar-refractivity contribution in [2.75, 3.05) is 27.2 Å². The van der Waals surface area contributed by atoms with Gasteiger partial charge in [-0.3, -0.25) is 4.79 Å². The second-order valence-electron chi connectivity index (χ2n) is 6.04. The number of hydrogen-bond donors (Lipinski definition) is 1. The molecule has 0 saturated carbocycles. The van der Waals surface area contributed by atoms with Gasteiger partial charge in [0.1, 0.15) is 0 Å². The van der Waals surface area contributed by atoms with Gasteiger partial charge in [0, 0.05) is 30.2 Å². The molecule has 0 unspecified atom stereocenters. The molecule has 6 heteroatoms. The van der Waals surface area contributed by atoms with Crippen LogP contribution in [0.5, 0.6) is 0 Å². The van der Waals surface area contributed by atoms with Gasteiger partial charge in [0.25, 0.3) is 5.91 Å². The van der Waals surface area contributed by atoms with Crippen molar-refractivity contribution in [2.45, 2.75) is 6.54 Å². The minimum absolute atomic E-state index is 0.140. The average Bonchev–Trinajstić information content (AvgIpc) is 2.58. The zero-order valence-electron chi connectivity index (χ0n) is 14.3.